The maximum absolute atomic E-state index is 10.7. The van der Waals surface area contributed by atoms with E-state index in [9.17, 15) is 4.79 Å². The van der Waals surface area contributed by atoms with Gasteiger partial charge in [-0.15, -0.1) is 0 Å². The second kappa shape index (κ2) is 12.3. The van der Waals surface area contributed by atoms with E-state index in [4.69, 9.17) is 31.3 Å². The summed E-state index contributed by atoms with van der Waals surface area (Å²) in [5.41, 5.74) is 5.40. The molecule has 6 nitrogen and oxygen atoms in total. The van der Waals surface area contributed by atoms with Crippen LogP contribution in [0.15, 0.2) is 54.6 Å². The Kier molecular flexibility index (Phi) is 8.96. The van der Waals surface area contributed by atoms with Gasteiger partial charge in [0.2, 0.25) is 0 Å². The number of benzene rings is 2. The summed E-state index contributed by atoms with van der Waals surface area (Å²) in [6, 6.07) is 18.3. The largest absolute Gasteiger partial charge is 0.480 e. The fourth-order valence-electron chi connectivity index (χ4n) is 4.98. The van der Waals surface area contributed by atoms with Gasteiger partial charge >= 0.3 is 5.97 Å². The lowest BCUT2D eigenvalue weighted by Crippen LogP contribution is -2.24. The molecule has 1 aliphatic rings. The van der Waals surface area contributed by atoms with Crippen molar-refractivity contribution in [2.45, 2.75) is 38.6 Å². The maximum Gasteiger partial charge on any atom is 0.329 e. The molecular weight excluding hydrogens is 464 g/mol. The molecule has 0 amide bonds. The molecule has 0 saturated heterocycles. The third kappa shape index (κ3) is 6.72. The average Bonchev–Trinajstić information content (AvgIpc) is 3.22. The number of nitrogens with zero attached hydrogens (tertiary/aromatic N) is 2. The van der Waals surface area contributed by atoms with Crippen molar-refractivity contribution in [2.75, 3.05) is 26.9 Å². The van der Waals surface area contributed by atoms with Crippen molar-refractivity contribution >= 4 is 17.6 Å². The molecule has 0 atom stereocenters. The van der Waals surface area contributed by atoms with Crippen molar-refractivity contribution in [3.05, 3.63) is 65.3 Å². The van der Waals surface area contributed by atoms with Gasteiger partial charge in [-0.25, -0.2) is 4.79 Å². The number of carboxylic acids is 1. The minimum atomic E-state index is -0.911. The molecule has 1 saturated carbocycles. The van der Waals surface area contributed by atoms with Crippen LogP contribution in [0.5, 0.6) is 0 Å². The molecule has 186 valence electrons. The van der Waals surface area contributed by atoms with E-state index in [1.807, 2.05) is 36.4 Å². The number of aliphatic carboxylic acids is 1. The minimum Gasteiger partial charge on any atom is -0.480 e. The van der Waals surface area contributed by atoms with Crippen LogP contribution in [0.1, 0.15) is 31.4 Å². The van der Waals surface area contributed by atoms with Crippen LogP contribution in [-0.2, 0) is 27.2 Å². The fraction of sp³-hybridized carbons (Fsp3) is 0.429. The number of rotatable bonds is 11. The first-order valence-corrected chi connectivity index (χ1v) is 12.6. The lowest BCUT2D eigenvalue weighted by molar-refractivity contribution is -0.142. The summed E-state index contributed by atoms with van der Waals surface area (Å²) in [5, 5.41) is 14.6. The zero-order valence-corrected chi connectivity index (χ0v) is 20.9. The summed E-state index contributed by atoms with van der Waals surface area (Å²) in [7, 11) is 1.73. The van der Waals surface area contributed by atoms with Gasteiger partial charge in [0, 0.05) is 41.9 Å². The molecule has 0 unspecified atom stereocenters. The van der Waals surface area contributed by atoms with Gasteiger partial charge in [0.25, 0.3) is 0 Å². The number of methoxy groups -OCH3 is 1. The van der Waals surface area contributed by atoms with Gasteiger partial charge in [-0.1, -0.05) is 54.1 Å². The molecule has 7 heteroatoms. The van der Waals surface area contributed by atoms with Gasteiger partial charge in [-0.2, -0.15) is 5.10 Å². The van der Waals surface area contributed by atoms with Crippen molar-refractivity contribution in [2.24, 2.45) is 11.8 Å². The summed E-state index contributed by atoms with van der Waals surface area (Å²) >= 11 is 6.38. The smallest absolute Gasteiger partial charge is 0.329 e. The van der Waals surface area contributed by atoms with E-state index >= 15 is 0 Å². The molecule has 1 heterocycles. The number of halogens is 1. The van der Waals surface area contributed by atoms with Crippen LogP contribution < -0.4 is 0 Å². The molecule has 0 aliphatic heterocycles. The van der Waals surface area contributed by atoms with Crippen LogP contribution in [-0.4, -0.2) is 47.8 Å². The number of ether oxygens (including phenoxy) is 2. The molecule has 1 aromatic heterocycles. The van der Waals surface area contributed by atoms with E-state index in [-0.39, 0.29) is 6.61 Å². The Morgan fingerprint density at radius 1 is 1.06 bits per heavy atom. The first-order valence-electron chi connectivity index (χ1n) is 12.2. The maximum atomic E-state index is 10.7. The van der Waals surface area contributed by atoms with E-state index in [2.05, 4.69) is 22.9 Å². The third-order valence-electron chi connectivity index (χ3n) is 6.74. The van der Waals surface area contributed by atoms with Crippen LogP contribution in [0.4, 0.5) is 0 Å². The molecular formula is C28H33ClN2O4. The highest BCUT2D eigenvalue weighted by molar-refractivity contribution is 6.30. The predicted molar refractivity (Wildman–Crippen MR) is 138 cm³/mol. The fourth-order valence-corrected chi connectivity index (χ4v) is 5.17. The molecule has 1 N–H and O–H groups in total. The monoisotopic (exact) mass is 496 g/mol. The first kappa shape index (κ1) is 25.4. The van der Waals surface area contributed by atoms with Gasteiger partial charge < -0.3 is 14.6 Å². The van der Waals surface area contributed by atoms with E-state index in [0.29, 0.717) is 30.1 Å². The Labute approximate surface area is 211 Å². The Bertz CT molecular complexity index is 1110. The molecule has 0 spiro atoms. The highest BCUT2D eigenvalue weighted by Gasteiger charge is 2.26. The zero-order chi connectivity index (χ0) is 24.6. The van der Waals surface area contributed by atoms with Crippen molar-refractivity contribution < 1.29 is 19.4 Å². The Balaban J connectivity index is 1.60. The van der Waals surface area contributed by atoms with Gasteiger partial charge in [0.1, 0.15) is 12.3 Å². The summed E-state index contributed by atoms with van der Waals surface area (Å²) in [4.78, 5) is 10.7. The molecule has 3 aromatic rings. The normalized spacial score (nSPS) is 18.0. The van der Waals surface area contributed by atoms with Crippen LogP contribution in [0.3, 0.4) is 0 Å². The van der Waals surface area contributed by atoms with Crippen molar-refractivity contribution in [3.63, 3.8) is 0 Å². The van der Waals surface area contributed by atoms with Crippen LogP contribution in [0.25, 0.3) is 22.4 Å². The van der Waals surface area contributed by atoms with Crippen molar-refractivity contribution in [3.8, 4) is 22.4 Å². The van der Waals surface area contributed by atoms with Crippen molar-refractivity contribution in [1.29, 1.82) is 0 Å². The Hall–Kier alpha value is -2.67. The van der Waals surface area contributed by atoms with Crippen molar-refractivity contribution in [1.82, 2.24) is 9.78 Å². The Morgan fingerprint density at radius 3 is 2.46 bits per heavy atom. The second-order valence-electron chi connectivity index (χ2n) is 9.27. The number of carbonyl (C=O) groups is 1. The number of hydrogen-bond donors (Lipinski definition) is 1. The lowest BCUT2D eigenvalue weighted by Gasteiger charge is -2.28. The summed E-state index contributed by atoms with van der Waals surface area (Å²) in [6.45, 7) is 1.77. The topological polar surface area (TPSA) is 73.6 Å². The SMILES string of the molecule is COCCc1c(-c2cccc(Cl)c2)c(-c2ccccc2)nn1CC1CCC(COCC(=O)O)CC1. The zero-order valence-electron chi connectivity index (χ0n) is 20.2. The molecule has 1 aliphatic carbocycles. The number of hydrogen-bond acceptors (Lipinski definition) is 4. The molecule has 0 bridgehead atoms. The van der Waals surface area contributed by atoms with Crippen LogP contribution >= 0.6 is 11.6 Å². The third-order valence-corrected chi connectivity index (χ3v) is 6.97. The van der Waals surface area contributed by atoms with Crippen LogP contribution in [0, 0.1) is 11.8 Å². The van der Waals surface area contributed by atoms with E-state index in [0.717, 1.165) is 61.0 Å². The van der Waals surface area contributed by atoms with E-state index < -0.39 is 5.97 Å². The average molecular weight is 497 g/mol. The van der Waals surface area contributed by atoms with Gasteiger partial charge in [0.15, 0.2) is 0 Å². The summed E-state index contributed by atoms with van der Waals surface area (Å²) in [6.07, 6.45) is 5.02. The van der Waals surface area contributed by atoms with Gasteiger partial charge in [-0.05, 0) is 55.2 Å². The number of carboxylic acid groups (broad SMARTS) is 1. The second-order valence-corrected chi connectivity index (χ2v) is 9.70. The van der Waals surface area contributed by atoms with Crippen LogP contribution in [0.2, 0.25) is 5.02 Å². The highest BCUT2D eigenvalue weighted by atomic mass is 35.5. The lowest BCUT2D eigenvalue weighted by atomic mass is 9.82. The molecule has 0 radical (unpaired) electrons. The first-order chi connectivity index (χ1) is 17.0. The molecule has 35 heavy (non-hydrogen) atoms. The predicted octanol–water partition coefficient (Wildman–Crippen LogP) is 5.97. The van der Waals surface area contributed by atoms with Gasteiger partial charge in [0.05, 0.1) is 13.2 Å². The molecule has 2 aromatic carbocycles. The highest BCUT2D eigenvalue weighted by Crippen LogP contribution is 2.37. The van der Waals surface area contributed by atoms with E-state index in [1.165, 1.54) is 5.69 Å². The van der Waals surface area contributed by atoms with Gasteiger partial charge in [-0.3, -0.25) is 4.68 Å². The standard InChI is InChI=1S/C28H33ClN2O4/c1-34-15-14-25-27(23-8-5-9-24(29)16-23)28(22-6-3-2-4-7-22)30-31(25)17-20-10-12-21(13-11-20)18-35-19-26(32)33/h2-9,16,20-21H,10-15,17-19H2,1H3,(H,32,33). The molecule has 4 rings (SSSR count). The summed E-state index contributed by atoms with van der Waals surface area (Å²) in [5.74, 6) is 0.0338. The van der Waals surface area contributed by atoms with E-state index in [1.54, 1.807) is 7.11 Å². The number of aromatic nitrogens is 2. The quantitative estimate of drug-likeness (QED) is 0.354. The molecule has 1 fully saturated rings. The Morgan fingerprint density at radius 2 is 1.77 bits per heavy atom. The minimum absolute atomic E-state index is 0.218. The summed E-state index contributed by atoms with van der Waals surface area (Å²) < 4.78 is 13.0.